The van der Waals surface area contributed by atoms with Crippen molar-refractivity contribution < 1.29 is 4.79 Å². The molecular weight excluding hydrogens is 236 g/mol. The first kappa shape index (κ1) is 11.5. The van der Waals surface area contributed by atoms with Gasteiger partial charge < -0.3 is 11.5 Å². The Hall–Kier alpha value is -1.95. The molecule has 1 heterocycles. The number of rotatable bonds is 3. The summed E-state index contributed by atoms with van der Waals surface area (Å²) < 4.78 is 1.70. The Morgan fingerprint density at radius 2 is 2.24 bits per heavy atom. The van der Waals surface area contributed by atoms with Gasteiger partial charge in [-0.15, -0.1) is 0 Å². The van der Waals surface area contributed by atoms with Gasteiger partial charge in [-0.1, -0.05) is 17.8 Å². The first-order valence-corrected chi connectivity index (χ1v) is 5.74. The molecule has 17 heavy (non-hydrogen) atoms. The van der Waals surface area contributed by atoms with Crippen LogP contribution in [0.5, 0.6) is 0 Å². The van der Waals surface area contributed by atoms with Crippen LogP contribution in [-0.2, 0) is 7.05 Å². The van der Waals surface area contributed by atoms with Crippen molar-refractivity contribution in [3.05, 3.63) is 36.2 Å². The highest BCUT2D eigenvalue weighted by Crippen LogP contribution is 2.33. The maximum atomic E-state index is 11.1. The van der Waals surface area contributed by atoms with Gasteiger partial charge in [-0.3, -0.25) is 9.48 Å². The molecule has 0 bridgehead atoms. The monoisotopic (exact) mass is 248 g/mol. The highest BCUT2D eigenvalue weighted by atomic mass is 32.2. The van der Waals surface area contributed by atoms with E-state index in [1.165, 1.54) is 11.8 Å². The van der Waals surface area contributed by atoms with E-state index in [4.69, 9.17) is 11.5 Å². The molecule has 88 valence electrons. The summed E-state index contributed by atoms with van der Waals surface area (Å²) in [6, 6.07) is 5.22. The zero-order valence-corrected chi connectivity index (χ0v) is 10.1. The summed E-state index contributed by atoms with van der Waals surface area (Å²) in [6.07, 6.45) is 3.61. The first-order valence-electron chi connectivity index (χ1n) is 4.92. The smallest absolute Gasteiger partial charge is 0.250 e. The quantitative estimate of drug-likeness (QED) is 0.800. The summed E-state index contributed by atoms with van der Waals surface area (Å²) in [5, 5.41) is 4.06. The number of carbonyl (C=O) groups is 1. The molecule has 0 aliphatic carbocycles. The molecular formula is C11H12N4OS. The van der Waals surface area contributed by atoms with Crippen LogP contribution in [0.4, 0.5) is 5.69 Å². The van der Waals surface area contributed by atoms with Gasteiger partial charge in [-0.25, -0.2) is 0 Å². The van der Waals surface area contributed by atoms with E-state index < -0.39 is 5.91 Å². The molecule has 4 N–H and O–H groups in total. The summed E-state index contributed by atoms with van der Waals surface area (Å²) in [4.78, 5) is 12.9. The molecule has 0 saturated heterocycles. The zero-order valence-electron chi connectivity index (χ0n) is 9.25. The predicted molar refractivity (Wildman–Crippen MR) is 66.7 cm³/mol. The maximum absolute atomic E-state index is 11.1. The van der Waals surface area contributed by atoms with E-state index in [1.807, 2.05) is 19.3 Å². The minimum atomic E-state index is -0.517. The second-order valence-corrected chi connectivity index (χ2v) is 4.65. The Morgan fingerprint density at radius 3 is 2.82 bits per heavy atom. The molecule has 0 saturated carbocycles. The molecule has 2 aromatic rings. The van der Waals surface area contributed by atoms with E-state index in [0.717, 1.165) is 9.79 Å². The van der Waals surface area contributed by atoms with Gasteiger partial charge in [0.15, 0.2) is 0 Å². The number of nitrogens with two attached hydrogens (primary N) is 2. The van der Waals surface area contributed by atoms with Crippen molar-refractivity contribution in [3.8, 4) is 0 Å². The second kappa shape index (κ2) is 4.50. The van der Waals surface area contributed by atoms with Crippen molar-refractivity contribution in [1.82, 2.24) is 9.78 Å². The zero-order chi connectivity index (χ0) is 12.4. The minimum absolute atomic E-state index is 0.346. The van der Waals surface area contributed by atoms with E-state index in [0.29, 0.717) is 11.3 Å². The van der Waals surface area contributed by atoms with Gasteiger partial charge >= 0.3 is 0 Å². The average molecular weight is 248 g/mol. The van der Waals surface area contributed by atoms with Crippen molar-refractivity contribution in [2.45, 2.75) is 9.79 Å². The highest BCUT2D eigenvalue weighted by molar-refractivity contribution is 7.99. The molecule has 0 radical (unpaired) electrons. The number of aryl methyl sites for hydroxylation is 1. The molecule has 0 fully saturated rings. The Balaban J connectivity index is 2.33. The topological polar surface area (TPSA) is 86.9 Å². The fraction of sp³-hybridized carbons (Fsp3) is 0.0909. The molecule has 0 atom stereocenters. The summed E-state index contributed by atoms with van der Waals surface area (Å²) >= 11 is 1.45. The number of hydrogen-bond acceptors (Lipinski definition) is 4. The lowest BCUT2D eigenvalue weighted by Gasteiger charge is -2.06. The molecule has 1 amide bonds. The Labute approximate surface area is 103 Å². The Morgan fingerprint density at radius 1 is 1.47 bits per heavy atom. The standard InChI is InChI=1S/C11H12N4OS/c1-15-6-7(5-14-15)17-9-4-2-3-8(10(9)12)11(13)16/h2-6H,12H2,1H3,(H2,13,16). The van der Waals surface area contributed by atoms with Crippen LogP contribution in [0.15, 0.2) is 40.4 Å². The number of anilines is 1. The van der Waals surface area contributed by atoms with Gasteiger partial charge in [0.25, 0.3) is 5.91 Å². The third-order valence-corrected chi connectivity index (χ3v) is 3.26. The van der Waals surface area contributed by atoms with Crippen LogP contribution in [0.3, 0.4) is 0 Å². The van der Waals surface area contributed by atoms with Gasteiger partial charge in [0.1, 0.15) is 0 Å². The number of benzene rings is 1. The van der Waals surface area contributed by atoms with E-state index in [2.05, 4.69) is 5.10 Å². The largest absolute Gasteiger partial charge is 0.397 e. The number of amides is 1. The van der Waals surface area contributed by atoms with Crippen LogP contribution >= 0.6 is 11.8 Å². The van der Waals surface area contributed by atoms with Gasteiger partial charge in [-0.2, -0.15) is 5.10 Å². The molecule has 1 aromatic heterocycles. The summed E-state index contributed by atoms with van der Waals surface area (Å²) in [6.45, 7) is 0. The van der Waals surface area contributed by atoms with Crippen molar-refractivity contribution in [2.24, 2.45) is 12.8 Å². The van der Waals surface area contributed by atoms with Crippen LogP contribution in [0.2, 0.25) is 0 Å². The van der Waals surface area contributed by atoms with Crippen molar-refractivity contribution in [1.29, 1.82) is 0 Å². The van der Waals surface area contributed by atoms with Gasteiger partial charge in [-0.05, 0) is 12.1 Å². The van der Waals surface area contributed by atoms with E-state index in [1.54, 1.807) is 23.0 Å². The van der Waals surface area contributed by atoms with Crippen LogP contribution in [0, 0.1) is 0 Å². The first-order chi connectivity index (χ1) is 8.08. The van der Waals surface area contributed by atoms with Gasteiger partial charge in [0.2, 0.25) is 0 Å². The van der Waals surface area contributed by atoms with E-state index >= 15 is 0 Å². The van der Waals surface area contributed by atoms with Gasteiger partial charge in [0.05, 0.1) is 22.3 Å². The number of para-hydroxylation sites is 1. The SMILES string of the molecule is Cn1cc(Sc2cccc(C(N)=O)c2N)cn1. The van der Waals surface area contributed by atoms with E-state index in [-0.39, 0.29) is 0 Å². The van der Waals surface area contributed by atoms with E-state index in [9.17, 15) is 4.79 Å². The van der Waals surface area contributed by atoms with Crippen LogP contribution in [-0.4, -0.2) is 15.7 Å². The molecule has 5 nitrogen and oxygen atoms in total. The normalized spacial score (nSPS) is 10.4. The maximum Gasteiger partial charge on any atom is 0.250 e. The number of hydrogen-bond donors (Lipinski definition) is 2. The highest BCUT2D eigenvalue weighted by Gasteiger charge is 2.10. The fourth-order valence-electron chi connectivity index (χ4n) is 1.43. The summed E-state index contributed by atoms with van der Waals surface area (Å²) in [5.41, 5.74) is 11.9. The molecule has 6 heteroatoms. The number of nitrogens with zero attached hydrogens (tertiary/aromatic N) is 2. The van der Waals surface area contributed by atoms with Crippen molar-refractivity contribution in [3.63, 3.8) is 0 Å². The lowest BCUT2D eigenvalue weighted by Crippen LogP contribution is -2.13. The van der Waals surface area contributed by atoms with Crippen LogP contribution in [0.25, 0.3) is 0 Å². The summed E-state index contributed by atoms with van der Waals surface area (Å²) in [5.74, 6) is -0.517. The lowest BCUT2D eigenvalue weighted by molar-refractivity contribution is 0.100. The number of primary amides is 1. The van der Waals surface area contributed by atoms with Crippen molar-refractivity contribution in [2.75, 3.05) is 5.73 Å². The molecule has 0 unspecified atom stereocenters. The third kappa shape index (κ3) is 2.42. The molecule has 0 aliphatic rings. The number of aromatic nitrogens is 2. The van der Waals surface area contributed by atoms with Crippen LogP contribution < -0.4 is 11.5 Å². The second-order valence-electron chi connectivity index (χ2n) is 3.53. The Kier molecular flexibility index (Phi) is 3.06. The molecule has 0 aliphatic heterocycles. The fourth-order valence-corrected chi connectivity index (χ4v) is 2.35. The average Bonchev–Trinajstić information content (AvgIpc) is 2.67. The van der Waals surface area contributed by atoms with Crippen LogP contribution in [0.1, 0.15) is 10.4 Å². The molecule has 1 aromatic carbocycles. The van der Waals surface area contributed by atoms with Gasteiger partial charge in [0, 0.05) is 18.1 Å². The number of nitrogen functional groups attached to an aromatic ring is 1. The molecule has 0 spiro atoms. The number of carbonyl (C=O) groups excluding carboxylic acids is 1. The Bertz CT molecular complexity index is 564. The minimum Gasteiger partial charge on any atom is -0.397 e. The predicted octanol–water partition coefficient (Wildman–Crippen LogP) is 1.25. The summed E-state index contributed by atoms with van der Waals surface area (Å²) in [7, 11) is 1.84. The molecule has 2 rings (SSSR count). The third-order valence-electron chi connectivity index (χ3n) is 2.24. The lowest BCUT2D eigenvalue weighted by atomic mass is 10.2. The van der Waals surface area contributed by atoms with Crippen molar-refractivity contribution >= 4 is 23.4 Å².